The van der Waals surface area contributed by atoms with Crippen LogP contribution in [-0.2, 0) is 11.3 Å². The van der Waals surface area contributed by atoms with Crippen LogP contribution in [0.5, 0.6) is 17.4 Å². The molecule has 0 radical (unpaired) electrons. The predicted octanol–water partition coefficient (Wildman–Crippen LogP) is 4.63. The number of nitrogens with zero attached hydrogens (tertiary/aromatic N) is 1. The van der Waals surface area contributed by atoms with E-state index in [1.54, 1.807) is 42.6 Å². The van der Waals surface area contributed by atoms with Crippen LogP contribution in [0.1, 0.15) is 18.4 Å². The Labute approximate surface area is 167 Å². The maximum atomic E-state index is 13.3. The van der Waals surface area contributed by atoms with Crippen LogP contribution in [0.25, 0.3) is 0 Å². The molecule has 2 aromatic carbocycles. The van der Waals surface area contributed by atoms with Crippen molar-refractivity contribution in [3.05, 3.63) is 84.1 Å². The molecule has 3 rings (SSSR count). The molecular formula is C22H20F2N2O3. The highest BCUT2D eigenvalue weighted by molar-refractivity contribution is 5.75. The maximum Gasteiger partial charge on any atom is 0.224 e. The average Bonchev–Trinajstić information content (AvgIpc) is 2.71. The molecule has 0 aliphatic carbocycles. The Morgan fingerprint density at radius 2 is 1.69 bits per heavy atom. The van der Waals surface area contributed by atoms with Gasteiger partial charge in [0.1, 0.15) is 23.1 Å². The van der Waals surface area contributed by atoms with E-state index in [9.17, 15) is 13.6 Å². The molecule has 1 amide bonds. The second-order valence-corrected chi connectivity index (χ2v) is 6.21. The molecule has 1 aromatic heterocycles. The van der Waals surface area contributed by atoms with E-state index in [0.29, 0.717) is 36.0 Å². The van der Waals surface area contributed by atoms with Gasteiger partial charge < -0.3 is 14.8 Å². The lowest BCUT2D eigenvalue weighted by Crippen LogP contribution is -2.23. The number of hydrogen-bond acceptors (Lipinski definition) is 4. The molecule has 1 N–H and O–H groups in total. The van der Waals surface area contributed by atoms with Gasteiger partial charge in [0.15, 0.2) is 0 Å². The molecule has 1 heterocycles. The molecule has 0 atom stereocenters. The molecular weight excluding hydrogens is 378 g/mol. The Morgan fingerprint density at radius 3 is 2.45 bits per heavy atom. The minimum Gasteiger partial charge on any atom is -0.493 e. The van der Waals surface area contributed by atoms with Crippen LogP contribution < -0.4 is 14.8 Å². The number of carbonyl (C=O) groups is 1. The maximum absolute atomic E-state index is 13.3. The van der Waals surface area contributed by atoms with Gasteiger partial charge in [-0.1, -0.05) is 18.2 Å². The summed E-state index contributed by atoms with van der Waals surface area (Å²) in [4.78, 5) is 16.2. The van der Waals surface area contributed by atoms with Crippen molar-refractivity contribution >= 4 is 5.91 Å². The summed E-state index contributed by atoms with van der Waals surface area (Å²) in [6.07, 6.45) is 2.31. The summed E-state index contributed by atoms with van der Waals surface area (Å²) in [7, 11) is 0. The van der Waals surface area contributed by atoms with Crippen LogP contribution in [0.3, 0.4) is 0 Å². The molecule has 0 unspecified atom stereocenters. The van der Waals surface area contributed by atoms with Crippen LogP contribution in [-0.4, -0.2) is 17.5 Å². The van der Waals surface area contributed by atoms with Crippen molar-refractivity contribution in [1.29, 1.82) is 0 Å². The van der Waals surface area contributed by atoms with E-state index in [2.05, 4.69) is 10.3 Å². The van der Waals surface area contributed by atoms with Crippen LogP contribution in [0.4, 0.5) is 8.78 Å². The largest absolute Gasteiger partial charge is 0.493 e. The Kier molecular flexibility index (Phi) is 7.10. The fourth-order valence-electron chi connectivity index (χ4n) is 2.55. The summed E-state index contributed by atoms with van der Waals surface area (Å²) in [6.45, 7) is 0.528. The smallest absolute Gasteiger partial charge is 0.224 e. The second-order valence-electron chi connectivity index (χ2n) is 6.21. The van der Waals surface area contributed by atoms with Gasteiger partial charge in [-0.15, -0.1) is 0 Å². The molecule has 150 valence electrons. The van der Waals surface area contributed by atoms with Crippen LogP contribution in [0.15, 0.2) is 66.9 Å². The van der Waals surface area contributed by atoms with Gasteiger partial charge in [-0.05, 0) is 36.8 Å². The first-order valence-electron chi connectivity index (χ1n) is 9.12. The third-order valence-corrected chi connectivity index (χ3v) is 3.95. The molecule has 0 saturated heterocycles. The molecule has 29 heavy (non-hydrogen) atoms. The van der Waals surface area contributed by atoms with Crippen molar-refractivity contribution in [2.45, 2.75) is 19.4 Å². The molecule has 7 heteroatoms. The quantitative estimate of drug-likeness (QED) is 0.534. The highest BCUT2D eigenvalue weighted by atomic mass is 19.1. The number of aromatic nitrogens is 1. The van der Waals surface area contributed by atoms with E-state index in [1.807, 2.05) is 0 Å². The highest BCUT2D eigenvalue weighted by Gasteiger charge is 2.09. The van der Waals surface area contributed by atoms with E-state index in [4.69, 9.17) is 9.47 Å². The van der Waals surface area contributed by atoms with Crippen molar-refractivity contribution in [2.24, 2.45) is 0 Å². The summed E-state index contributed by atoms with van der Waals surface area (Å²) in [5, 5.41) is 2.80. The Bertz CT molecular complexity index is 966. The molecule has 0 bridgehead atoms. The van der Waals surface area contributed by atoms with Gasteiger partial charge in [0, 0.05) is 36.9 Å². The summed E-state index contributed by atoms with van der Waals surface area (Å²) in [5.41, 5.74) is 0.668. The number of pyridine rings is 1. The minimum absolute atomic E-state index is 0.159. The summed E-state index contributed by atoms with van der Waals surface area (Å²) in [5.74, 6) is 0.119. The van der Waals surface area contributed by atoms with E-state index < -0.39 is 5.82 Å². The molecule has 3 aromatic rings. The third kappa shape index (κ3) is 6.57. The lowest BCUT2D eigenvalue weighted by Gasteiger charge is -2.11. The van der Waals surface area contributed by atoms with Crippen molar-refractivity contribution in [2.75, 3.05) is 6.61 Å². The minimum atomic E-state index is -0.409. The Morgan fingerprint density at radius 1 is 0.966 bits per heavy atom. The number of benzene rings is 2. The fourth-order valence-corrected chi connectivity index (χ4v) is 2.55. The molecule has 5 nitrogen and oxygen atoms in total. The lowest BCUT2D eigenvalue weighted by molar-refractivity contribution is -0.121. The summed E-state index contributed by atoms with van der Waals surface area (Å²) >= 11 is 0. The molecule has 0 spiro atoms. The first kappa shape index (κ1) is 20.3. The molecule has 0 aliphatic rings. The average molecular weight is 398 g/mol. The van der Waals surface area contributed by atoms with Gasteiger partial charge in [0.25, 0.3) is 0 Å². The standard InChI is InChI=1S/C22H20F2N2O3/c23-17-6-1-8-19(13-17)28-12-4-10-21(27)26-15-16-5-3-11-25-22(16)29-20-9-2-7-18(24)14-20/h1-3,5-9,11,13-14H,4,10,12,15H2,(H,26,27). The zero-order chi connectivity index (χ0) is 20.5. The first-order valence-corrected chi connectivity index (χ1v) is 9.12. The van der Waals surface area contributed by atoms with Crippen LogP contribution in [0.2, 0.25) is 0 Å². The fraction of sp³-hybridized carbons (Fsp3) is 0.182. The number of hydrogen-bond donors (Lipinski definition) is 1. The second kappa shape index (κ2) is 10.2. The van der Waals surface area contributed by atoms with Gasteiger partial charge >= 0.3 is 0 Å². The lowest BCUT2D eigenvalue weighted by atomic mass is 10.2. The summed E-state index contributed by atoms with van der Waals surface area (Å²) in [6, 6.07) is 15.1. The normalized spacial score (nSPS) is 10.4. The Balaban J connectivity index is 1.45. The molecule has 0 aliphatic heterocycles. The monoisotopic (exact) mass is 398 g/mol. The van der Waals surface area contributed by atoms with Gasteiger partial charge in [-0.2, -0.15) is 0 Å². The van der Waals surface area contributed by atoms with E-state index in [-0.39, 0.29) is 24.7 Å². The molecule has 0 fully saturated rings. The van der Waals surface area contributed by atoms with E-state index in [0.717, 1.165) is 0 Å². The van der Waals surface area contributed by atoms with Crippen molar-refractivity contribution in [1.82, 2.24) is 10.3 Å². The summed E-state index contributed by atoms with van der Waals surface area (Å²) < 4.78 is 37.4. The predicted molar refractivity (Wildman–Crippen MR) is 104 cm³/mol. The highest BCUT2D eigenvalue weighted by Crippen LogP contribution is 2.23. The van der Waals surface area contributed by atoms with Gasteiger partial charge in [-0.25, -0.2) is 13.8 Å². The van der Waals surface area contributed by atoms with Crippen LogP contribution in [0, 0.1) is 11.6 Å². The number of halogens is 2. The van der Waals surface area contributed by atoms with Crippen molar-refractivity contribution < 1.29 is 23.0 Å². The number of carbonyl (C=O) groups excluding carboxylic acids is 1. The number of ether oxygens (including phenoxy) is 2. The van der Waals surface area contributed by atoms with Crippen LogP contribution >= 0.6 is 0 Å². The number of nitrogens with one attached hydrogen (secondary N) is 1. The third-order valence-electron chi connectivity index (χ3n) is 3.95. The SMILES string of the molecule is O=C(CCCOc1cccc(F)c1)NCc1cccnc1Oc1cccc(F)c1. The van der Waals surface area contributed by atoms with Crippen molar-refractivity contribution in [3.63, 3.8) is 0 Å². The van der Waals surface area contributed by atoms with E-state index in [1.165, 1.54) is 24.3 Å². The number of amides is 1. The van der Waals surface area contributed by atoms with Gasteiger partial charge in [0.2, 0.25) is 11.8 Å². The van der Waals surface area contributed by atoms with Gasteiger partial charge in [0.05, 0.1) is 6.61 Å². The van der Waals surface area contributed by atoms with E-state index >= 15 is 0 Å². The number of rotatable bonds is 9. The zero-order valence-electron chi connectivity index (χ0n) is 15.6. The first-order chi connectivity index (χ1) is 14.1. The molecule has 0 saturated carbocycles. The zero-order valence-corrected chi connectivity index (χ0v) is 15.6. The van der Waals surface area contributed by atoms with Gasteiger partial charge in [-0.3, -0.25) is 4.79 Å². The topological polar surface area (TPSA) is 60.5 Å². The Hall–Kier alpha value is -3.48. The van der Waals surface area contributed by atoms with Crippen molar-refractivity contribution in [3.8, 4) is 17.4 Å².